The smallest absolute Gasteiger partial charge is 0.169 e. The summed E-state index contributed by atoms with van der Waals surface area (Å²) in [5.74, 6) is 2.25. The van der Waals surface area contributed by atoms with Gasteiger partial charge in [0.15, 0.2) is 17.8 Å². The van der Waals surface area contributed by atoms with Crippen molar-refractivity contribution in [3.63, 3.8) is 0 Å². The molecular formula is C17H24ClN5O. The Labute approximate surface area is 147 Å². The summed E-state index contributed by atoms with van der Waals surface area (Å²) in [5.41, 5.74) is 4.88. The number of aryl methyl sites for hydroxylation is 1. The summed E-state index contributed by atoms with van der Waals surface area (Å²) < 4.78 is 7.37. The monoisotopic (exact) mass is 349 g/mol. The van der Waals surface area contributed by atoms with Gasteiger partial charge in [-0.15, -0.1) is 0 Å². The largest absolute Gasteiger partial charge is 0.496 e. The number of halogens is 1. The van der Waals surface area contributed by atoms with Crippen LogP contribution >= 0.6 is 11.6 Å². The van der Waals surface area contributed by atoms with Crippen molar-refractivity contribution >= 4 is 17.4 Å². The summed E-state index contributed by atoms with van der Waals surface area (Å²) >= 11 is 6.16. The topological polar surface area (TPSA) is 63.5 Å². The predicted molar refractivity (Wildman–Crippen MR) is 97.8 cm³/mol. The molecule has 24 heavy (non-hydrogen) atoms. The maximum Gasteiger partial charge on any atom is 0.169 e. The summed E-state index contributed by atoms with van der Waals surface area (Å²) in [6.45, 7) is 6.20. The van der Waals surface area contributed by atoms with E-state index in [0.717, 1.165) is 22.8 Å². The highest BCUT2D eigenvalue weighted by molar-refractivity contribution is 6.31. The number of methoxy groups -OCH3 is 1. The van der Waals surface area contributed by atoms with E-state index in [0.29, 0.717) is 10.8 Å². The molecule has 2 aromatic rings. The number of hydrazone groups is 1. The lowest BCUT2D eigenvalue weighted by atomic mass is 10.1. The second kappa shape index (κ2) is 8.17. The van der Waals surface area contributed by atoms with Crippen LogP contribution in [0.3, 0.4) is 0 Å². The van der Waals surface area contributed by atoms with E-state index in [1.165, 1.54) is 6.42 Å². The van der Waals surface area contributed by atoms with Crippen LogP contribution in [0.25, 0.3) is 0 Å². The van der Waals surface area contributed by atoms with Gasteiger partial charge in [0.25, 0.3) is 0 Å². The van der Waals surface area contributed by atoms with E-state index in [-0.39, 0.29) is 6.17 Å². The van der Waals surface area contributed by atoms with Crippen molar-refractivity contribution in [2.75, 3.05) is 14.2 Å². The van der Waals surface area contributed by atoms with Gasteiger partial charge in [-0.25, -0.2) is 4.98 Å². The van der Waals surface area contributed by atoms with Crippen molar-refractivity contribution < 1.29 is 4.74 Å². The summed E-state index contributed by atoms with van der Waals surface area (Å²) in [6.07, 6.45) is 4.75. The number of hydrogen-bond donors (Lipinski definition) is 2. The van der Waals surface area contributed by atoms with E-state index < -0.39 is 0 Å². The van der Waals surface area contributed by atoms with Crippen LogP contribution in [0.5, 0.6) is 5.75 Å². The Kier molecular flexibility index (Phi) is 6.23. The summed E-state index contributed by atoms with van der Waals surface area (Å²) in [7, 11) is 3.47. The zero-order valence-corrected chi connectivity index (χ0v) is 15.5. The minimum atomic E-state index is -0.122. The van der Waals surface area contributed by atoms with E-state index >= 15 is 0 Å². The number of nitrogens with zero attached hydrogens (tertiary/aromatic N) is 3. The molecule has 1 aliphatic rings. The number of benzene rings is 1. The molecule has 0 radical (unpaired) electrons. The number of imidazole rings is 1. The minimum Gasteiger partial charge on any atom is -0.496 e. The molecule has 0 saturated heterocycles. The van der Waals surface area contributed by atoms with E-state index in [2.05, 4.69) is 34.7 Å². The minimum absolute atomic E-state index is 0.122. The zero-order valence-electron chi connectivity index (χ0n) is 14.7. The summed E-state index contributed by atoms with van der Waals surface area (Å²) in [6, 6.07) is 3.76. The number of ether oxygens (including phenoxy) is 1. The predicted octanol–water partition coefficient (Wildman–Crippen LogP) is 3.30. The van der Waals surface area contributed by atoms with Crippen LogP contribution in [0.1, 0.15) is 43.4 Å². The molecule has 1 unspecified atom stereocenters. The molecule has 130 valence electrons. The fourth-order valence-corrected chi connectivity index (χ4v) is 2.49. The molecule has 6 nitrogen and oxygen atoms in total. The number of aromatic nitrogens is 2. The highest BCUT2D eigenvalue weighted by Crippen LogP contribution is 2.29. The maximum atomic E-state index is 6.16. The van der Waals surface area contributed by atoms with Gasteiger partial charge in [-0.05, 0) is 31.7 Å². The second-order valence-corrected chi connectivity index (χ2v) is 5.86. The van der Waals surface area contributed by atoms with Crippen LogP contribution in [0.2, 0.25) is 5.02 Å². The van der Waals surface area contributed by atoms with Gasteiger partial charge in [-0.1, -0.05) is 31.9 Å². The van der Waals surface area contributed by atoms with Gasteiger partial charge < -0.3 is 4.74 Å². The van der Waals surface area contributed by atoms with Crippen molar-refractivity contribution in [3.8, 4) is 5.75 Å². The van der Waals surface area contributed by atoms with Crippen molar-refractivity contribution in [2.24, 2.45) is 5.10 Å². The standard InChI is InChI=1S/C14H16ClN5O.C3H8/c1-8-6-9(11(21-3)7-10(8)15)13-19-18-12(16-2)14-17-4-5-20(13)14;1-3-2/h4-7,12,16,18H,1-3H3;3H2,1-2H3. The first-order chi connectivity index (χ1) is 11.6. The zero-order chi connectivity index (χ0) is 17.7. The number of fused-ring (bicyclic) bond motifs is 1. The molecule has 1 aromatic carbocycles. The SMILES string of the molecule is CCC.CNC1NN=C(c2cc(C)c(Cl)cc2OC)n2ccnc21. The fourth-order valence-electron chi connectivity index (χ4n) is 2.34. The van der Waals surface area contributed by atoms with Gasteiger partial charge in [-0.2, -0.15) is 5.10 Å². The summed E-state index contributed by atoms with van der Waals surface area (Å²) in [4.78, 5) is 4.37. The molecule has 3 rings (SSSR count). The lowest BCUT2D eigenvalue weighted by molar-refractivity contribution is 0.412. The highest BCUT2D eigenvalue weighted by atomic mass is 35.5. The molecular weight excluding hydrogens is 326 g/mol. The molecule has 0 fully saturated rings. The average molecular weight is 350 g/mol. The van der Waals surface area contributed by atoms with Crippen LogP contribution in [-0.2, 0) is 0 Å². The van der Waals surface area contributed by atoms with E-state index in [9.17, 15) is 0 Å². The molecule has 2 heterocycles. The first-order valence-electron chi connectivity index (χ1n) is 7.95. The number of hydrogen-bond acceptors (Lipinski definition) is 5. The van der Waals surface area contributed by atoms with Crippen molar-refractivity contribution in [2.45, 2.75) is 33.4 Å². The Morgan fingerprint density at radius 3 is 2.71 bits per heavy atom. The summed E-state index contributed by atoms with van der Waals surface area (Å²) in [5, 5.41) is 8.23. The van der Waals surface area contributed by atoms with Crippen LogP contribution in [0, 0.1) is 6.92 Å². The Hall–Kier alpha value is -2.05. The molecule has 0 saturated carbocycles. The molecule has 0 spiro atoms. The number of rotatable bonds is 3. The van der Waals surface area contributed by atoms with E-state index in [4.69, 9.17) is 16.3 Å². The normalized spacial score (nSPS) is 15.6. The second-order valence-electron chi connectivity index (χ2n) is 5.45. The highest BCUT2D eigenvalue weighted by Gasteiger charge is 2.25. The van der Waals surface area contributed by atoms with Crippen molar-refractivity contribution in [3.05, 3.63) is 46.5 Å². The Bertz CT molecular complexity index is 726. The Morgan fingerprint density at radius 2 is 2.08 bits per heavy atom. The molecule has 0 bridgehead atoms. The van der Waals surface area contributed by atoms with E-state index in [1.807, 2.05) is 30.8 Å². The Balaban J connectivity index is 0.000000647. The van der Waals surface area contributed by atoms with Gasteiger partial charge in [0.1, 0.15) is 5.75 Å². The van der Waals surface area contributed by atoms with Crippen molar-refractivity contribution in [1.29, 1.82) is 0 Å². The fraction of sp³-hybridized carbons (Fsp3) is 0.412. The third kappa shape index (κ3) is 3.55. The van der Waals surface area contributed by atoms with Crippen LogP contribution in [-0.4, -0.2) is 29.5 Å². The molecule has 0 amide bonds. The molecule has 1 aromatic heterocycles. The number of nitrogens with one attached hydrogen (secondary N) is 2. The van der Waals surface area contributed by atoms with Gasteiger partial charge in [0.05, 0.1) is 12.7 Å². The lowest BCUT2D eigenvalue weighted by Crippen LogP contribution is -2.38. The van der Waals surface area contributed by atoms with Gasteiger partial charge in [0.2, 0.25) is 0 Å². The van der Waals surface area contributed by atoms with Crippen LogP contribution < -0.4 is 15.5 Å². The quantitative estimate of drug-likeness (QED) is 0.892. The van der Waals surface area contributed by atoms with Crippen molar-refractivity contribution in [1.82, 2.24) is 20.3 Å². The third-order valence-corrected chi connectivity index (χ3v) is 3.87. The average Bonchev–Trinajstić information content (AvgIpc) is 3.06. The maximum absolute atomic E-state index is 6.16. The van der Waals surface area contributed by atoms with Gasteiger partial charge in [-0.3, -0.25) is 15.3 Å². The first-order valence-corrected chi connectivity index (χ1v) is 8.33. The first kappa shape index (κ1) is 18.3. The third-order valence-electron chi connectivity index (χ3n) is 3.47. The molecule has 1 aliphatic heterocycles. The molecule has 2 N–H and O–H groups in total. The molecule has 1 atom stereocenters. The van der Waals surface area contributed by atoms with E-state index in [1.54, 1.807) is 19.4 Å². The Morgan fingerprint density at radius 1 is 1.38 bits per heavy atom. The van der Waals surface area contributed by atoms with Gasteiger partial charge >= 0.3 is 0 Å². The van der Waals surface area contributed by atoms with Crippen LogP contribution in [0.4, 0.5) is 0 Å². The van der Waals surface area contributed by atoms with Crippen LogP contribution in [0.15, 0.2) is 29.6 Å². The molecule has 7 heteroatoms. The lowest BCUT2D eigenvalue weighted by Gasteiger charge is -2.24. The van der Waals surface area contributed by atoms with Gasteiger partial charge in [0, 0.05) is 17.4 Å². The molecule has 0 aliphatic carbocycles.